The molecule has 3 aromatic rings. The van der Waals surface area contributed by atoms with E-state index in [4.69, 9.17) is 4.42 Å². The maximum atomic E-state index is 12.5. The Labute approximate surface area is 169 Å². The van der Waals surface area contributed by atoms with Crippen LogP contribution in [0.5, 0.6) is 0 Å². The lowest BCUT2D eigenvalue weighted by molar-refractivity contribution is -0.126. The summed E-state index contributed by atoms with van der Waals surface area (Å²) in [4.78, 5) is 26.7. The van der Waals surface area contributed by atoms with Crippen LogP contribution in [0.1, 0.15) is 17.5 Å². The Hall–Kier alpha value is -3.35. The lowest BCUT2D eigenvalue weighted by atomic mass is 10.1. The predicted octanol–water partition coefficient (Wildman–Crippen LogP) is 2.93. The SMILES string of the molecule is Cc1ccc(N2CC(C(=O)NCCn3cc(-c4ccco4)cn3)CC2=O)cc1C. The second-order valence-corrected chi connectivity index (χ2v) is 7.43. The largest absolute Gasteiger partial charge is 0.464 e. The second-order valence-electron chi connectivity index (χ2n) is 7.43. The monoisotopic (exact) mass is 392 g/mol. The maximum Gasteiger partial charge on any atom is 0.227 e. The van der Waals surface area contributed by atoms with E-state index in [1.54, 1.807) is 22.0 Å². The van der Waals surface area contributed by atoms with Gasteiger partial charge in [-0.1, -0.05) is 6.07 Å². The normalized spacial score (nSPS) is 16.4. The van der Waals surface area contributed by atoms with Gasteiger partial charge in [0.15, 0.2) is 0 Å². The highest BCUT2D eigenvalue weighted by molar-refractivity contribution is 6.00. The van der Waals surface area contributed by atoms with Crippen LogP contribution in [0.25, 0.3) is 11.3 Å². The van der Waals surface area contributed by atoms with Gasteiger partial charge in [0, 0.05) is 31.4 Å². The summed E-state index contributed by atoms with van der Waals surface area (Å²) in [5, 5.41) is 7.22. The molecule has 1 atom stereocenters. The van der Waals surface area contributed by atoms with Crippen LogP contribution < -0.4 is 10.2 Å². The molecule has 3 heterocycles. The number of nitrogens with zero attached hydrogens (tertiary/aromatic N) is 3. The van der Waals surface area contributed by atoms with Crippen molar-refractivity contribution in [3.8, 4) is 11.3 Å². The lowest BCUT2D eigenvalue weighted by Crippen LogP contribution is -2.34. The maximum absolute atomic E-state index is 12.5. The van der Waals surface area contributed by atoms with Gasteiger partial charge in [0.2, 0.25) is 11.8 Å². The number of furan rings is 1. The number of carbonyl (C=O) groups excluding carboxylic acids is 2. The van der Waals surface area contributed by atoms with Crippen molar-refractivity contribution in [3.05, 3.63) is 60.1 Å². The third-order valence-corrected chi connectivity index (χ3v) is 5.38. The van der Waals surface area contributed by atoms with Crippen molar-refractivity contribution in [3.63, 3.8) is 0 Å². The van der Waals surface area contributed by atoms with Crippen molar-refractivity contribution in [1.29, 1.82) is 0 Å². The Balaban J connectivity index is 1.30. The number of benzene rings is 1. The number of aryl methyl sites for hydroxylation is 2. The molecular formula is C22H24N4O3. The van der Waals surface area contributed by atoms with Crippen LogP contribution in [0.3, 0.4) is 0 Å². The molecule has 0 aliphatic carbocycles. The van der Waals surface area contributed by atoms with E-state index in [-0.39, 0.29) is 24.2 Å². The molecule has 7 nitrogen and oxygen atoms in total. The van der Waals surface area contributed by atoms with Crippen LogP contribution in [-0.2, 0) is 16.1 Å². The summed E-state index contributed by atoms with van der Waals surface area (Å²) in [5.41, 5.74) is 4.07. The summed E-state index contributed by atoms with van der Waals surface area (Å²) in [5.74, 6) is 0.322. The third kappa shape index (κ3) is 4.08. The summed E-state index contributed by atoms with van der Waals surface area (Å²) in [6.07, 6.45) is 5.48. The summed E-state index contributed by atoms with van der Waals surface area (Å²) < 4.78 is 7.12. The topological polar surface area (TPSA) is 80.4 Å². The molecular weight excluding hydrogens is 368 g/mol. The summed E-state index contributed by atoms with van der Waals surface area (Å²) in [6.45, 7) is 5.48. The minimum atomic E-state index is -0.333. The first-order valence-corrected chi connectivity index (χ1v) is 9.73. The zero-order chi connectivity index (χ0) is 20.4. The zero-order valence-electron chi connectivity index (χ0n) is 16.6. The smallest absolute Gasteiger partial charge is 0.227 e. The van der Waals surface area contributed by atoms with Crippen LogP contribution in [-0.4, -0.2) is 34.7 Å². The van der Waals surface area contributed by atoms with E-state index in [0.717, 1.165) is 22.6 Å². The van der Waals surface area contributed by atoms with Gasteiger partial charge >= 0.3 is 0 Å². The van der Waals surface area contributed by atoms with Gasteiger partial charge in [-0.3, -0.25) is 14.3 Å². The van der Waals surface area contributed by atoms with Gasteiger partial charge < -0.3 is 14.6 Å². The van der Waals surface area contributed by atoms with E-state index >= 15 is 0 Å². The van der Waals surface area contributed by atoms with Crippen molar-refractivity contribution < 1.29 is 14.0 Å². The van der Waals surface area contributed by atoms with E-state index in [0.29, 0.717) is 19.6 Å². The van der Waals surface area contributed by atoms with Gasteiger partial charge in [0.25, 0.3) is 0 Å². The molecule has 0 saturated carbocycles. The molecule has 0 spiro atoms. The molecule has 150 valence electrons. The van der Waals surface area contributed by atoms with E-state index in [1.807, 2.05) is 50.4 Å². The van der Waals surface area contributed by atoms with Crippen LogP contribution in [0.2, 0.25) is 0 Å². The van der Waals surface area contributed by atoms with Crippen LogP contribution in [0.4, 0.5) is 5.69 Å². The van der Waals surface area contributed by atoms with Crippen LogP contribution in [0, 0.1) is 19.8 Å². The van der Waals surface area contributed by atoms with Crippen LogP contribution >= 0.6 is 0 Å². The molecule has 4 rings (SSSR count). The van der Waals surface area contributed by atoms with Gasteiger partial charge in [0.05, 0.1) is 30.5 Å². The molecule has 1 aromatic carbocycles. The molecule has 7 heteroatoms. The third-order valence-electron chi connectivity index (χ3n) is 5.38. The van der Waals surface area contributed by atoms with Crippen LogP contribution in [0.15, 0.2) is 53.4 Å². The summed E-state index contributed by atoms with van der Waals surface area (Å²) >= 11 is 0. The van der Waals surface area contributed by atoms with Crippen molar-refractivity contribution >= 4 is 17.5 Å². The molecule has 1 N–H and O–H groups in total. The standard InChI is InChI=1S/C22H24N4O3/c1-15-5-6-19(10-16(15)2)26-14-17(11-21(26)27)22(28)23-7-8-25-13-18(12-24-25)20-4-3-9-29-20/h3-6,9-10,12-13,17H,7-8,11,14H2,1-2H3,(H,23,28). The Morgan fingerprint density at radius 3 is 2.90 bits per heavy atom. The molecule has 1 saturated heterocycles. The minimum Gasteiger partial charge on any atom is -0.464 e. The van der Waals surface area contributed by atoms with Gasteiger partial charge in [-0.2, -0.15) is 5.10 Å². The van der Waals surface area contributed by atoms with Gasteiger partial charge in [-0.15, -0.1) is 0 Å². The average molecular weight is 392 g/mol. The molecule has 0 radical (unpaired) electrons. The molecule has 0 bridgehead atoms. The number of aromatic nitrogens is 2. The minimum absolute atomic E-state index is 0.0106. The fourth-order valence-electron chi connectivity index (χ4n) is 3.52. The summed E-state index contributed by atoms with van der Waals surface area (Å²) in [7, 11) is 0. The highest BCUT2D eigenvalue weighted by Crippen LogP contribution is 2.27. The van der Waals surface area contributed by atoms with Crippen molar-refractivity contribution in [1.82, 2.24) is 15.1 Å². The predicted molar refractivity (Wildman–Crippen MR) is 109 cm³/mol. The Bertz CT molecular complexity index is 1020. The first-order valence-electron chi connectivity index (χ1n) is 9.73. The van der Waals surface area contributed by atoms with Crippen molar-refractivity contribution in [2.45, 2.75) is 26.8 Å². The fraction of sp³-hybridized carbons (Fsp3) is 0.318. The van der Waals surface area contributed by atoms with Crippen molar-refractivity contribution in [2.75, 3.05) is 18.0 Å². The van der Waals surface area contributed by atoms with E-state index < -0.39 is 0 Å². The Kier molecular flexibility index (Phi) is 5.20. The number of carbonyl (C=O) groups is 2. The number of amides is 2. The van der Waals surface area contributed by atoms with Gasteiger partial charge in [0.1, 0.15) is 5.76 Å². The highest BCUT2D eigenvalue weighted by Gasteiger charge is 2.35. The first kappa shape index (κ1) is 19.0. The lowest BCUT2D eigenvalue weighted by Gasteiger charge is -2.18. The first-order chi connectivity index (χ1) is 14.0. The van der Waals surface area contributed by atoms with E-state index in [1.165, 1.54) is 5.56 Å². The molecule has 1 fully saturated rings. The number of nitrogens with one attached hydrogen (secondary N) is 1. The van der Waals surface area contributed by atoms with E-state index in [9.17, 15) is 9.59 Å². The second kappa shape index (κ2) is 7.95. The van der Waals surface area contributed by atoms with E-state index in [2.05, 4.69) is 10.4 Å². The van der Waals surface area contributed by atoms with Gasteiger partial charge in [-0.25, -0.2) is 0 Å². The number of anilines is 1. The number of hydrogen-bond acceptors (Lipinski definition) is 4. The molecule has 1 unspecified atom stereocenters. The Morgan fingerprint density at radius 1 is 1.28 bits per heavy atom. The number of hydrogen-bond donors (Lipinski definition) is 1. The zero-order valence-corrected chi connectivity index (χ0v) is 16.6. The number of rotatable bonds is 6. The van der Waals surface area contributed by atoms with Crippen molar-refractivity contribution in [2.24, 2.45) is 5.92 Å². The molecule has 1 aliphatic heterocycles. The average Bonchev–Trinajstić information content (AvgIpc) is 3.44. The highest BCUT2D eigenvalue weighted by atomic mass is 16.3. The quantitative estimate of drug-likeness (QED) is 0.699. The molecule has 2 amide bonds. The molecule has 29 heavy (non-hydrogen) atoms. The summed E-state index contributed by atoms with van der Waals surface area (Å²) in [6, 6.07) is 9.65. The fourth-order valence-corrected chi connectivity index (χ4v) is 3.52. The Morgan fingerprint density at radius 2 is 2.14 bits per heavy atom. The van der Waals surface area contributed by atoms with Gasteiger partial charge in [-0.05, 0) is 49.2 Å². The molecule has 2 aromatic heterocycles. The molecule has 1 aliphatic rings.